The minimum absolute atomic E-state index is 0.0345. The number of benzene rings is 2. The van der Waals surface area contributed by atoms with Crippen LogP contribution in [0.4, 0.5) is 0 Å². The summed E-state index contributed by atoms with van der Waals surface area (Å²) < 4.78 is 8.30. The van der Waals surface area contributed by atoms with Crippen LogP contribution in [0.2, 0.25) is 0 Å². The molecule has 10 nitrogen and oxygen atoms in total. The molecule has 10 heteroatoms. The normalized spacial score (nSPS) is 20.1. The van der Waals surface area contributed by atoms with Crippen LogP contribution >= 0.6 is 0 Å². The summed E-state index contributed by atoms with van der Waals surface area (Å²) in [4.78, 5) is 34.1. The highest BCUT2D eigenvalue weighted by Gasteiger charge is 2.41. The molecular weight excluding hydrogens is 566 g/mol. The van der Waals surface area contributed by atoms with Crippen molar-refractivity contribution in [2.45, 2.75) is 70.9 Å². The highest BCUT2D eigenvalue weighted by molar-refractivity contribution is 5.80. The molecule has 7 rings (SSSR count). The standard InChI is InChI=1S/C35H39N7O3/c1-21(2)29-13-14-30(38-37-29)23-7-11-28(12-8-23)45-31-16-24(5-6-25(31)19-41-18-22(3)15-32(41)43)34-36-35(40(4)39-34)26-17-33(44)42(20-26)27-9-10-27/h5-8,11-14,16,21-22,26-27H,9-10,15,17-20H2,1-4H3/t22-,26?/m0/s1. The summed E-state index contributed by atoms with van der Waals surface area (Å²) in [6.07, 6.45) is 3.24. The minimum Gasteiger partial charge on any atom is -0.457 e. The zero-order chi connectivity index (χ0) is 31.2. The monoisotopic (exact) mass is 605 g/mol. The van der Waals surface area contributed by atoms with Gasteiger partial charge >= 0.3 is 0 Å². The second-order valence-corrected chi connectivity index (χ2v) is 13.1. The van der Waals surface area contributed by atoms with Gasteiger partial charge in [-0.25, -0.2) is 4.98 Å². The van der Waals surface area contributed by atoms with Gasteiger partial charge in [0.2, 0.25) is 11.8 Å². The molecular formula is C35H39N7O3. The van der Waals surface area contributed by atoms with Crippen molar-refractivity contribution in [1.82, 2.24) is 34.8 Å². The third-order valence-electron chi connectivity index (χ3n) is 9.06. The summed E-state index contributed by atoms with van der Waals surface area (Å²) in [6, 6.07) is 18.2. The second-order valence-electron chi connectivity index (χ2n) is 13.1. The van der Waals surface area contributed by atoms with Gasteiger partial charge in [-0.15, -0.1) is 0 Å². The van der Waals surface area contributed by atoms with E-state index in [0.717, 1.165) is 53.3 Å². The SMILES string of the molecule is CC(C)c1ccc(-c2ccc(Oc3cc(-c4nc(C5CC(=O)N(C6CC6)C5)n(C)n4)ccc3CN3C[C@@H](C)CC3=O)cc2)nn1. The summed E-state index contributed by atoms with van der Waals surface area (Å²) in [5, 5.41) is 13.5. The molecule has 0 radical (unpaired) electrons. The molecule has 1 aliphatic carbocycles. The molecule has 3 fully saturated rings. The Morgan fingerprint density at radius 3 is 2.36 bits per heavy atom. The van der Waals surface area contributed by atoms with E-state index in [1.807, 2.05) is 71.4 Å². The topological polar surface area (TPSA) is 106 Å². The van der Waals surface area contributed by atoms with E-state index in [0.29, 0.717) is 61.1 Å². The van der Waals surface area contributed by atoms with Crippen LogP contribution in [0, 0.1) is 5.92 Å². The molecule has 2 aliphatic heterocycles. The van der Waals surface area contributed by atoms with Crippen LogP contribution in [0.15, 0.2) is 54.6 Å². The molecule has 4 heterocycles. The van der Waals surface area contributed by atoms with Crippen LogP contribution in [-0.2, 0) is 23.2 Å². The lowest BCUT2D eigenvalue weighted by Crippen LogP contribution is -2.27. The van der Waals surface area contributed by atoms with E-state index < -0.39 is 0 Å². The molecule has 1 unspecified atom stereocenters. The Labute approximate surface area is 263 Å². The Morgan fingerprint density at radius 2 is 1.69 bits per heavy atom. The predicted molar refractivity (Wildman–Crippen MR) is 169 cm³/mol. The van der Waals surface area contributed by atoms with Gasteiger partial charge in [0.15, 0.2) is 5.82 Å². The van der Waals surface area contributed by atoms with E-state index in [2.05, 4.69) is 31.0 Å². The molecule has 45 heavy (non-hydrogen) atoms. The van der Waals surface area contributed by atoms with Gasteiger partial charge in [0.05, 0.1) is 11.4 Å². The highest BCUT2D eigenvalue weighted by Crippen LogP contribution is 2.37. The minimum atomic E-state index is 0.0345. The molecule has 1 saturated carbocycles. The van der Waals surface area contributed by atoms with Gasteiger partial charge in [0, 0.05) is 68.2 Å². The Kier molecular flexibility index (Phi) is 7.59. The molecule has 0 bridgehead atoms. The van der Waals surface area contributed by atoms with Gasteiger partial charge in [-0.1, -0.05) is 32.9 Å². The number of carbonyl (C=O) groups excluding carboxylic acids is 2. The number of hydrogen-bond donors (Lipinski definition) is 0. The number of ether oxygens (including phenoxy) is 1. The molecule has 2 aromatic heterocycles. The molecule has 232 valence electrons. The molecule has 4 aromatic rings. The maximum Gasteiger partial charge on any atom is 0.223 e. The Balaban J connectivity index is 1.16. The highest BCUT2D eigenvalue weighted by atomic mass is 16.5. The first-order valence-corrected chi connectivity index (χ1v) is 15.9. The van der Waals surface area contributed by atoms with Crippen LogP contribution in [0.25, 0.3) is 22.6 Å². The van der Waals surface area contributed by atoms with Crippen molar-refractivity contribution in [3.63, 3.8) is 0 Å². The number of hydrogen-bond acceptors (Lipinski definition) is 7. The number of nitrogens with zero attached hydrogens (tertiary/aromatic N) is 7. The van der Waals surface area contributed by atoms with Gasteiger partial charge < -0.3 is 14.5 Å². The smallest absolute Gasteiger partial charge is 0.223 e. The van der Waals surface area contributed by atoms with E-state index in [1.165, 1.54) is 0 Å². The summed E-state index contributed by atoms with van der Waals surface area (Å²) in [6.45, 7) is 8.21. The van der Waals surface area contributed by atoms with Crippen LogP contribution in [0.3, 0.4) is 0 Å². The summed E-state index contributed by atoms with van der Waals surface area (Å²) in [5.41, 5.74) is 4.45. The third-order valence-corrected chi connectivity index (χ3v) is 9.06. The van der Waals surface area contributed by atoms with Gasteiger partial charge in [-0.3, -0.25) is 14.3 Å². The van der Waals surface area contributed by atoms with Crippen molar-refractivity contribution >= 4 is 11.8 Å². The van der Waals surface area contributed by atoms with Gasteiger partial charge in [-0.05, 0) is 67.1 Å². The van der Waals surface area contributed by atoms with Crippen LogP contribution in [0.1, 0.15) is 75.4 Å². The van der Waals surface area contributed by atoms with E-state index in [9.17, 15) is 9.59 Å². The lowest BCUT2D eigenvalue weighted by atomic mass is 10.1. The zero-order valence-corrected chi connectivity index (χ0v) is 26.3. The average Bonchev–Trinajstić information content (AvgIpc) is 3.57. The maximum absolute atomic E-state index is 12.7. The molecule has 3 aliphatic rings. The largest absolute Gasteiger partial charge is 0.457 e. The van der Waals surface area contributed by atoms with Crippen molar-refractivity contribution in [3.05, 3.63) is 71.7 Å². The quantitative estimate of drug-likeness (QED) is 0.241. The van der Waals surface area contributed by atoms with E-state index >= 15 is 0 Å². The molecule has 2 amide bonds. The lowest BCUT2D eigenvalue weighted by molar-refractivity contribution is -0.129. The molecule has 2 saturated heterocycles. The number of rotatable bonds is 9. The predicted octanol–water partition coefficient (Wildman–Crippen LogP) is 5.70. The van der Waals surface area contributed by atoms with Crippen molar-refractivity contribution in [2.75, 3.05) is 13.1 Å². The first-order valence-electron chi connectivity index (χ1n) is 15.9. The summed E-state index contributed by atoms with van der Waals surface area (Å²) >= 11 is 0. The zero-order valence-electron chi connectivity index (χ0n) is 26.3. The molecule has 0 N–H and O–H groups in total. The average molecular weight is 606 g/mol. The summed E-state index contributed by atoms with van der Waals surface area (Å²) in [5.74, 6) is 3.80. The first kappa shape index (κ1) is 29.1. The molecule has 2 atom stereocenters. The van der Waals surface area contributed by atoms with Crippen LogP contribution in [0.5, 0.6) is 11.5 Å². The van der Waals surface area contributed by atoms with E-state index in [1.54, 1.807) is 4.68 Å². The van der Waals surface area contributed by atoms with Gasteiger partial charge in [-0.2, -0.15) is 15.3 Å². The Bertz CT molecular complexity index is 1730. The van der Waals surface area contributed by atoms with Gasteiger partial charge in [0.25, 0.3) is 0 Å². The lowest BCUT2D eigenvalue weighted by Gasteiger charge is -2.19. The number of carbonyl (C=O) groups is 2. The van der Waals surface area contributed by atoms with Crippen molar-refractivity contribution in [3.8, 4) is 34.1 Å². The van der Waals surface area contributed by atoms with Crippen LogP contribution in [-0.4, -0.2) is 65.7 Å². The van der Waals surface area contributed by atoms with E-state index in [-0.39, 0.29) is 17.7 Å². The Morgan fingerprint density at radius 1 is 0.911 bits per heavy atom. The second kappa shape index (κ2) is 11.7. The van der Waals surface area contributed by atoms with Crippen LogP contribution < -0.4 is 4.74 Å². The van der Waals surface area contributed by atoms with Crippen molar-refractivity contribution < 1.29 is 14.3 Å². The number of likely N-dealkylation sites (tertiary alicyclic amines) is 2. The maximum atomic E-state index is 12.7. The first-order chi connectivity index (χ1) is 21.7. The van der Waals surface area contributed by atoms with Crippen molar-refractivity contribution in [1.29, 1.82) is 0 Å². The fourth-order valence-electron chi connectivity index (χ4n) is 6.39. The Hall–Kier alpha value is -4.60. The fraction of sp³-hybridized carbons (Fsp3) is 0.429. The van der Waals surface area contributed by atoms with Crippen molar-refractivity contribution in [2.24, 2.45) is 13.0 Å². The summed E-state index contributed by atoms with van der Waals surface area (Å²) in [7, 11) is 1.89. The number of aromatic nitrogens is 5. The molecule has 2 aromatic carbocycles. The molecule has 0 spiro atoms. The number of amides is 2. The van der Waals surface area contributed by atoms with Gasteiger partial charge in [0.1, 0.15) is 17.3 Å². The van der Waals surface area contributed by atoms with E-state index in [4.69, 9.17) is 14.8 Å². The number of aryl methyl sites for hydroxylation is 1. The third kappa shape index (κ3) is 6.06. The fourth-order valence-corrected chi connectivity index (χ4v) is 6.39.